The minimum atomic E-state index is -1.71. The molecule has 0 bridgehead atoms. The Bertz CT molecular complexity index is 338. The molecule has 0 aromatic carbocycles. The van der Waals surface area contributed by atoms with E-state index in [2.05, 4.69) is 46.2 Å². The molecule has 3 nitrogen and oxygen atoms in total. The van der Waals surface area contributed by atoms with Crippen LogP contribution in [-0.4, -0.2) is 33.3 Å². The first-order valence-corrected chi connectivity index (χ1v) is 16.7. The van der Waals surface area contributed by atoms with Gasteiger partial charge in [0, 0.05) is 6.42 Å². The quantitative estimate of drug-likeness (QED) is 0.236. The van der Waals surface area contributed by atoms with Crippen molar-refractivity contribution in [3.8, 4) is 0 Å². The highest BCUT2D eigenvalue weighted by Gasteiger charge is 2.31. The number of carbonyl (C=O) groups excluding carboxylic acids is 1. The predicted molar refractivity (Wildman–Crippen MR) is 108 cm³/mol. The first kappa shape index (κ1) is 23.4. The van der Waals surface area contributed by atoms with Gasteiger partial charge in [0.05, 0.1) is 6.10 Å². The van der Waals surface area contributed by atoms with Crippen LogP contribution in [0.15, 0.2) is 0 Å². The highest BCUT2D eigenvalue weighted by molar-refractivity contribution is 8.14. The molecule has 2 unspecified atom stereocenters. The summed E-state index contributed by atoms with van der Waals surface area (Å²) in [6, 6.07) is 0. The summed E-state index contributed by atoms with van der Waals surface area (Å²) in [6.07, 6.45) is 6.50. The van der Waals surface area contributed by atoms with E-state index in [4.69, 9.17) is 8.85 Å². The molecule has 23 heavy (non-hydrogen) atoms. The van der Waals surface area contributed by atoms with Gasteiger partial charge in [0.25, 0.3) is 0 Å². The van der Waals surface area contributed by atoms with Gasteiger partial charge in [-0.1, -0.05) is 44.4 Å². The number of rotatable bonds is 12. The topological polar surface area (TPSA) is 35.5 Å². The summed E-state index contributed by atoms with van der Waals surface area (Å²) in [5, 5.41) is 0.246. The van der Waals surface area contributed by atoms with Crippen LogP contribution in [0.2, 0.25) is 39.3 Å². The molecule has 0 radical (unpaired) electrons. The zero-order chi connectivity index (χ0) is 18.1. The van der Waals surface area contributed by atoms with Gasteiger partial charge in [0.2, 0.25) is 0 Å². The highest BCUT2D eigenvalue weighted by Crippen LogP contribution is 2.27. The van der Waals surface area contributed by atoms with Crippen molar-refractivity contribution in [1.82, 2.24) is 0 Å². The fourth-order valence-corrected chi connectivity index (χ4v) is 6.29. The Morgan fingerprint density at radius 1 is 0.913 bits per heavy atom. The van der Waals surface area contributed by atoms with Crippen LogP contribution >= 0.6 is 11.8 Å². The molecule has 0 aromatic rings. The third kappa shape index (κ3) is 14.4. The summed E-state index contributed by atoms with van der Waals surface area (Å²) >= 11 is 1.35. The van der Waals surface area contributed by atoms with Crippen molar-refractivity contribution >= 4 is 33.5 Å². The third-order valence-electron chi connectivity index (χ3n) is 3.12. The molecule has 0 saturated heterocycles. The number of unbranched alkanes of at least 4 members (excludes halogenated alkanes) is 4. The van der Waals surface area contributed by atoms with Crippen molar-refractivity contribution in [2.24, 2.45) is 0 Å². The smallest absolute Gasteiger partial charge is 0.191 e. The van der Waals surface area contributed by atoms with Crippen molar-refractivity contribution in [3.05, 3.63) is 0 Å². The second-order valence-electron chi connectivity index (χ2n) is 8.19. The van der Waals surface area contributed by atoms with E-state index in [-0.39, 0.29) is 16.7 Å². The van der Waals surface area contributed by atoms with E-state index in [1.165, 1.54) is 31.0 Å². The van der Waals surface area contributed by atoms with Gasteiger partial charge < -0.3 is 8.85 Å². The van der Waals surface area contributed by atoms with Crippen molar-refractivity contribution < 1.29 is 13.6 Å². The SMILES string of the molecule is CCCCCCCC(=O)SC(O[Si](C)(C)C)C(C)O[Si](C)(C)C. The predicted octanol–water partition coefficient (Wildman–Crippen LogP) is 6.02. The van der Waals surface area contributed by atoms with E-state index < -0.39 is 16.6 Å². The molecule has 0 saturated carbocycles. The maximum atomic E-state index is 12.3. The van der Waals surface area contributed by atoms with Gasteiger partial charge in [0.15, 0.2) is 21.8 Å². The fourth-order valence-electron chi connectivity index (χ4n) is 2.24. The molecule has 0 aliphatic heterocycles. The molecule has 2 atom stereocenters. The molecule has 0 amide bonds. The first-order valence-electron chi connectivity index (χ1n) is 8.99. The van der Waals surface area contributed by atoms with Crippen LogP contribution in [0.1, 0.15) is 52.4 Å². The number of hydrogen-bond acceptors (Lipinski definition) is 4. The molecule has 0 rings (SSSR count). The average molecular weight is 379 g/mol. The zero-order valence-corrected chi connectivity index (χ0v) is 19.3. The van der Waals surface area contributed by atoms with E-state index in [1.807, 2.05) is 6.92 Å². The Labute approximate surface area is 150 Å². The Morgan fingerprint density at radius 3 is 1.91 bits per heavy atom. The van der Waals surface area contributed by atoms with Crippen LogP contribution in [-0.2, 0) is 13.6 Å². The van der Waals surface area contributed by atoms with Crippen LogP contribution < -0.4 is 0 Å². The molecule has 0 spiro atoms. The van der Waals surface area contributed by atoms with Crippen LogP contribution in [0.25, 0.3) is 0 Å². The first-order chi connectivity index (χ1) is 10.4. The molecule has 138 valence electrons. The van der Waals surface area contributed by atoms with Crippen LogP contribution in [0, 0.1) is 0 Å². The van der Waals surface area contributed by atoms with E-state index in [0.717, 1.165) is 12.8 Å². The summed E-state index contributed by atoms with van der Waals surface area (Å²) in [4.78, 5) is 12.3. The molecular weight excluding hydrogens is 340 g/mol. The minimum Gasteiger partial charge on any atom is -0.412 e. The Hall–Kier alpha value is 0.374. The number of thioether (sulfide) groups is 1. The number of hydrogen-bond donors (Lipinski definition) is 0. The summed E-state index contributed by atoms with van der Waals surface area (Å²) in [5.41, 5.74) is -0.170. The van der Waals surface area contributed by atoms with E-state index >= 15 is 0 Å². The largest absolute Gasteiger partial charge is 0.412 e. The number of carbonyl (C=O) groups is 1. The molecule has 0 fully saturated rings. The summed E-state index contributed by atoms with van der Waals surface area (Å²) in [5.74, 6) is 0. The lowest BCUT2D eigenvalue weighted by molar-refractivity contribution is -0.111. The maximum Gasteiger partial charge on any atom is 0.191 e. The average Bonchev–Trinajstić information content (AvgIpc) is 2.34. The Kier molecular flexibility index (Phi) is 11.3. The van der Waals surface area contributed by atoms with Crippen LogP contribution in [0.5, 0.6) is 0 Å². The van der Waals surface area contributed by atoms with Gasteiger partial charge in [-0.2, -0.15) is 0 Å². The molecular formula is C17H38O3SSi2. The summed E-state index contributed by atoms with van der Waals surface area (Å²) in [6.45, 7) is 17.3. The molecule has 0 N–H and O–H groups in total. The molecule has 6 heteroatoms. The van der Waals surface area contributed by atoms with E-state index in [1.54, 1.807) is 0 Å². The molecule has 0 heterocycles. The third-order valence-corrected chi connectivity index (χ3v) is 6.51. The minimum absolute atomic E-state index is 0.0394. The fraction of sp³-hybridized carbons (Fsp3) is 0.941. The van der Waals surface area contributed by atoms with Crippen molar-refractivity contribution in [3.63, 3.8) is 0 Å². The van der Waals surface area contributed by atoms with Crippen LogP contribution in [0.3, 0.4) is 0 Å². The van der Waals surface area contributed by atoms with E-state index in [0.29, 0.717) is 6.42 Å². The standard InChI is InChI=1S/C17H38O3SSi2/c1-9-10-11-12-13-14-16(18)21-17(20-23(6,7)8)15(2)19-22(3,4)5/h15,17H,9-14H2,1-8H3. The van der Waals surface area contributed by atoms with E-state index in [9.17, 15) is 4.79 Å². The lowest BCUT2D eigenvalue weighted by Crippen LogP contribution is -2.42. The molecule has 0 aliphatic rings. The lowest BCUT2D eigenvalue weighted by atomic mass is 10.1. The monoisotopic (exact) mass is 378 g/mol. The van der Waals surface area contributed by atoms with Gasteiger partial charge in [-0.25, -0.2) is 0 Å². The summed E-state index contributed by atoms with van der Waals surface area (Å²) < 4.78 is 12.4. The Morgan fingerprint density at radius 2 is 1.43 bits per heavy atom. The molecule has 0 aromatic heterocycles. The van der Waals surface area contributed by atoms with Gasteiger partial charge in [-0.3, -0.25) is 4.79 Å². The van der Waals surface area contributed by atoms with Crippen LogP contribution in [0.4, 0.5) is 0 Å². The van der Waals surface area contributed by atoms with Gasteiger partial charge in [-0.05, 0) is 52.6 Å². The second-order valence-corrected chi connectivity index (χ2v) is 18.3. The lowest BCUT2D eigenvalue weighted by Gasteiger charge is -2.33. The van der Waals surface area contributed by atoms with Crippen molar-refractivity contribution in [2.45, 2.75) is 103 Å². The maximum absolute atomic E-state index is 12.3. The van der Waals surface area contributed by atoms with Gasteiger partial charge in [0.1, 0.15) is 5.44 Å². The van der Waals surface area contributed by atoms with Gasteiger partial charge >= 0.3 is 0 Å². The van der Waals surface area contributed by atoms with Crippen molar-refractivity contribution in [1.29, 1.82) is 0 Å². The van der Waals surface area contributed by atoms with Crippen molar-refractivity contribution in [2.75, 3.05) is 0 Å². The molecule has 0 aliphatic carbocycles. The highest BCUT2D eigenvalue weighted by atomic mass is 32.2. The Balaban J connectivity index is 4.48. The second kappa shape index (κ2) is 11.1. The zero-order valence-electron chi connectivity index (χ0n) is 16.5. The van der Waals surface area contributed by atoms with Gasteiger partial charge in [-0.15, -0.1) is 0 Å². The summed E-state index contributed by atoms with van der Waals surface area (Å²) in [7, 11) is -3.35. The normalized spacial score (nSPS) is 15.5.